The summed E-state index contributed by atoms with van der Waals surface area (Å²) in [6, 6.07) is 8.74. The van der Waals surface area contributed by atoms with Crippen molar-refractivity contribution in [1.29, 1.82) is 0 Å². The van der Waals surface area contributed by atoms with Crippen molar-refractivity contribution in [2.24, 2.45) is 5.92 Å². The molecule has 1 amide bonds. The summed E-state index contributed by atoms with van der Waals surface area (Å²) >= 11 is 0. The fraction of sp³-hybridized carbons (Fsp3) is 0.444. The molecule has 2 aliphatic carbocycles. The number of hydrogen-bond donors (Lipinski definition) is 1. The molecule has 4 rings (SSSR count). The number of hydrogen-bond acceptors (Lipinski definition) is 3. The number of amides is 1. The minimum absolute atomic E-state index is 0.147. The van der Waals surface area contributed by atoms with E-state index in [1.807, 2.05) is 0 Å². The van der Waals surface area contributed by atoms with Gasteiger partial charge < -0.3 is 9.73 Å². The Hall–Kier alpha value is -2.10. The van der Waals surface area contributed by atoms with Crippen LogP contribution in [0.4, 0.5) is 0 Å². The van der Waals surface area contributed by atoms with Crippen LogP contribution in [0.5, 0.6) is 0 Å². The second-order valence-corrected chi connectivity index (χ2v) is 6.57. The highest BCUT2D eigenvalue weighted by atomic mass is 16.4. The molecule has 0 unspecified atom stereocenters. The molecular formula is C18H20N2O2. The topological polar surface area (TPSA) is 55.1 Å². The third-order valence-corrected chi connectivity index (χ3v) is 5.24. The molecule has 22 heavy (non-hydrogen) atoms. The fourth-order valence-electron chi connectivity index (χ4n) is 4.04. The quantitative estimate of drug-likeness (QED) is 0.947. The van der Waals surface area contributed by atoms with E-state index in [-0.39, 0.29) is 5.91 Å². The molecule has 1 heterocycles. The zero-order chi connectivity index (χ0) is 15.3. The standard InChI is InChI=1S/C18H20N2O2/c1-11-16(22-12(2)20-11)17(21)19-10-14-9-18(14)8-7-13-5-3-4-6-15(13)18/h3-6,14H,7-10H2,1-2H3,(H,19,21)/t14-,18+/m0/s1. The van der Waals surface area contributed by atoms with E-state index in [2.05, 4.69) is 34.6 Å². The minimum atomic E-state index is -0.147. The van der Waals surface area contributed by atoms with Crippen molar-refractivity contribution in [3.8, 4) is 0 Å². The van der Waals surface area contributed by atoms with Crippen LogP contribution in [0.1, 0.15) is 46.1 Å². The highest BCUT2D eigenvalue weighted by molar-refractivity contribution is 5.92. The van der Waals surface area contributed by atoms with Crippen LogP contribution in [0, 0.1) is 19.8 Å². The molecule has 1 fully saturated rings. The van der Waals surface area contributed by atoms with E-state index in [4.69, 9.17) is 4.42 Å². The van der Waals surface area contributed by atoms with E-state index in [1.165, 1.54) is 30.4 Å². The van der Waals surface area contributed by atoms with E-state index in [0.29, 0.717) is 35.2 Å². The Balaban J connectivity index is 1.43. The molecule has 4 nitrogen and oxygen atoms in total. The van der Waals surface area contributed by atoms with Crippen molar-refractivity contribution < 1.29 is 9.21 Å². The van der Waals surface area contributed by atoms with Gasteiger partial charge in [-0.1, -0.05) is 24.3 Å². The van der Waals surface area contributed by atoms with E-state index in [1.54, 1.807) is 13.8 Å². The van der Waals surface area contributed by atoms with Gasteiger partial charge in [-0.15, -0.1) is 0 Å². The number of rotatable bonds is 3. The molecular weight excluding hydrogens is 276 g/mol. The Bertz CT molecular complexity index is 749. The first-order chi connectivity index (χ1) is 10.6. The molecule has 0 saturated heterocycles. The first-order valence-electron chi connectivity index (χ1n) is 7.91. The lowest BCUT2D eigenvalue weighted by Gasteiger charge is -2.11. The number of carbonyl (C=O) groups is 1. The summed E-state index contributed by atoms with van der Waals surface area (Å²) in [4.78, 5) is 16.4. The molecule has 114 valence electrons. The van der Waals surface area contributed by atoms with Gasteiger partial charge in [-0.2, -0.15) is 0 Å². The lowest BCUT2D eigenvalue weighted by molar-refractivity contribution is 0.0921. The highest BCUT2D eigenvalue weighted by Gasteiger charge is 2.57. The van der Waals surface area contributed by atoms with Crippen LogP contribution in [-0.2, 0) is 11.8 Å². The molecule has 2 aliphatic rings. The number of nitrogens with one attached hydrogen (secondary N) is 1. The Kier molecular flexibility index (Phi) is 2.90. The average molecular weight is 296 g/mol. The van der Waals surface area contributed by atoms with Crippen molar-refractivity contribution in [2.75, 3.05) is 6.54 Å². The summed E-state index contributed by atoms with van der Waals surface area (Å²) in [5.74, 6) is 1.28. The van der Waals surface area contributed by atoms with Gasteiger partial charge >= 0.3 is 0 Å². The first-order valence-corrected chi connectivity index (χ1v) is 7.91. The summed E-state index contributed by atoms with van der Waals surface area (Å²) in [7, 11) is 0. The number of carbonyl (C=O) groups excluding carboxylic acids is 1. The van der Waals surface area contributed by atoms with Gasteiger partial charge in [0.15, 0.2) is 5.89 Å². The summed E-state index contributed by atoms with van der Waals surface area (Å²) < 4.78 is 5.38. The maximum atomic E-state index is 12.2. The second-order valence-electron chi connectivity index (χ2n) is 6.57. The van der Waals surface area contributed by atoms with Gasteiger partial charge in [-0.3, -0.25) is 4.79 Å². The van der Waals surface area contributed by atoms with Crippen LogP contribution in [-0.4, -0.2) is 17.4 Å². The molecule has 1 saturated carbocycles. The normalized spacial score (nSPS) is 25.3. The summed E-state index contributed by atoms with van der Waals surface area (Å²) in [5, 5.41) is 3.02. The van der Waals surface area contributed by atoms with Crippen LogP contribution in [0.2, 0.25) is 0 Å². The number of oxazole rings is 1. The summed E-state index contributed by atoms with van der Waals surface area (Å²) in [6.45, 7) is 4.28. The van der Waals surface area contributed by atoms with Gasteiger partial charge in [0.05, 0.1) is 5.69 Å². The number of aromatic nitrogens is 1. The Morgan fingerprint density at radius 3 is 3.00 bits per heavy atom. The van der Waals surface area contributed by atoms with Crippen molar-refractivity contribution in [3.63, 3.8) is 0 Å². The summed E-state index contributed by atoms with van der Waals surface area (Å²) in [6.07, 6.45) is 3.56. The number of aryl methyl sites for hydroxylation is 3. The molecule has 1 N–H and O–H groups in total. The zero-order valence-corrected chi connectivity index (χ0v) is 13.0. The van der Waals surface area contributed by atoms with E-state index in [0.717, 1.165) is 0 Å². The largest absolute Gasteiger partial charge is 0.436 e. The Labute approximate surface area is 129 Å². The molecule has 2 atom stereocenters. The molecule has 1 aromatic heterocycles. The van der Waals surface area contributed by atoms with Crippen LogP contribution >= 0.6 is 0 Å². The van der Waals surface area contributed by atoms with Crippen LogP contribution in [0.25, 0.3) is 0 Å². The maximum Gasteiger partial charge on any atom is 0.289 e. The van der Waals surface area contributed by atoms with E-state index < -0.39 is 0 Å². The van der Waals surface area contributed by atoms with Gasteiger partial charge in [-0.05, 0) is 43.2 Å². The molecule has 0 radical (unpaired) electrons. The van der Waals surface area contributed by atoms with Gasteiger partial charge in [-0.25, -0.2) is 4.98 Å². The number of fused-ring (bicyclic) bond motifs is 2. The number of nitrogens with zero attached hydrogens (tertiary/aromatic N) is 1. The molecule has 0 bridgehead atoms. The molecule has 2 aromatic rings. The van der Waals surface area contributed by atoms with E-state index >= 15 is 0 Å². The molecule has 4 heteroatoms. The first kappa shape index (κ1) is 13.6. The Morgan fingerprint density at radius 1 is 1.41 bits per heavy atom. The smallest absolute Gasteiger partial charge is 0.289 e. The van der Waals surface area contributed by atoms with E-state index in [9.17, 15) is 4.79 Å². The molecule has 0 aliphatic heterocycles. The van der Waals surface area contributed by atoms with Crippen LogP contribution < -0.4 is 5.32 Å². The Morgan fingerprint density at radius 2 is 2.23 bits per heavy atom. The number of benzene rings is 1. The highest BCUT2D eigenvalue weighted by Crippen LogP contribution is 2.61. The molecule has 1 aromatic carbocycles. The van der Waals surface area contributed by atoms with Crippen molar-refractivity contribution in [2.45, 2.75) is 38.5 Å². The predicted molar refractivity (Wildman–Crippen MR) is 82.9 cm³/mol. The summed E-state index contributed by atoms with van der Waals surface area (Å²) in [5.41, 5.74) is 3.96. The lowest BCUT2D eigenvalue weighted by atomic mass is 9.95. The van der Waals surface area contributed by atoms with Crippen molar-refractivity contribution in [1.82, 2.24) is 10.3 Å². The van der Waals surface area contributed by atoms with Crippen molar-refractivity contribution >= 4 is 5.91 Å². The van der Waals surface area contributed by atoms with Gasteiger partial charge in [0.1, 0.15) is 0 Å². The third kappa shape index (κ3) is 1.97. The van der Waals surface area contributed by atoms with Crippen molar-refractivity contribution in [3.05, 3.63) is 52.7 Å². The van der Waals surface area contributed by atoms with Gasteiger partial charge in [0.25, 0.3) is 5.91 Å². The average Bonchev–Trinajstić information content (AvgIpc) is 2.93. The second kappa shape index (κ2) is 4.70. The van der Waals surface area contributed by atoms with Gasteiger partial charge in [0.2, 0.25) is 5.76 Å². The zero-order valence-electron chi connectivity index (χ0n) is 13.0. The van der Waals surface area contributed by atoms with Gasteiger partial charge in [0, 0.05) is 18.9 Å². The van der Waals surface area contributed by atoms with Crippen LogP contribution in [0.3, 0.4) is 0 Å². The van der Waals surface area contributed by atoms with Crippen LogP contribution in [0.15, 0.2) is 28.7 Å². The third-order valence-electron chi connectivity index (χ3n) is 5.24. The minimum Gasteiger partial charge on any atom is -0.436 e. The maximum absolute atomic E-state index is 12.2. The SMILES string of the molecule is Cc1nc(C)c(C(=O)NC[C@@H]2C[C@]23CCc2ccccc23)o1. The lowest BCUT2D eigenvalue weighted by Crippen LogP contribution is -2.27. The monoisotopic (exact) mass is 296 g/mol. The fourth-order valence-corrected chi connectivity index (χ4v) is 4.04. The molecule has 1 spiro atoms. The predicted octanol–water partition coefficient (Wildman–Crippen LogP) is 2.93.